The van der Waals surface area contributed by atoms with Crippen LogP contribution in [0.25, 0.3) is 0 Å². The number of benzene rings is 3. The number of carbonyl (C=O) groups excluding carboxylic acids is 3. The van der Waals surface area contributed by atoms with Crippen molar-refractivity contribution in [2.75, 3.05) is 15.5 Å². The van der Waals surface area contributed by atoms with Gasteiger partial charge in [0, 0.05) is 16.9 Å². The average Bonchev–Trinajstić information content (AvgIpc) is 3.04. The molecule has 3 aromatic rings. The molecule has 0 saturated carbocycles. The lowest BCUT2D eigenvalue weighted by atomic mass is 10.1. The van der Waals surface area contributed by atoms with Crippen molar-refractivity contribution in [3.63, 3.8) is 0 Å². The van der Waals surface area contributed by atoms with Gasteiger partial charge in [-0.2, -0.15) is 0 Å². The number of imide groups is 1. The summed E-state index contributed by atoms with van der Waals surface area (Å²) < 4.78 is 0. The third-order valence-corrected chi connectivity index (χ3v) is 6.34. The maximum absolute atomic E-state index is 12.9. The van der Waals surface area contributed by atoms with Crippen LogP contribution in [0.15, 0.2) is 77.5 Å². The number of nitrogens with zero attached hydrogens (tertiary/aromatic N) is 1. The standard InChI is InChI=1S/C25H18Cl3N3O3/c1-2-14-5-3-4-6-20(14)30-23(32)15-7-9-16(10-8-15)29-22-21(28)24(33)31(25(22)34)17-11-12-18(26)19(27)13-17/h3-13,29H,2H2,1H3,(H,30,32). The SMILES string of the molecule is CCc1ccccc1NC(=O)c1ccc(NC2=C(Cl)C(=O)N(c3ccc(Cl)c(Cl)c3)C2=O)cc1. The lowest BCUT2D eigenvalue weighted by Crippen LogP contribution is -2.32. The van der Waals surface area contributed by atoms with Crippen LogP contribution in [-0.4, -0.2) is 17.7 Å². The van der Waals surface area contributed by atoms with Gasteiger partial charge in [0.25, 0.3) is 17.7 Å². The van der Waals surface area contributed by atoms with Gasteiger partial charge in [0.2, 0.25) is 0 Å². The Kier molecular flexibility index (Phi) is 6.93. The molecule has 0 atom stereocenters. The summed E-state index contributed by atoms with van der Waals surface area (Å²) in [6, 6.07) is 18.5. The van der Waals surface area contributed by atoms with Crippen LogP contribution in [0.4, 0.5) is 17.1 Å². The molecule has 2 N–H and O–H groups in total. The zero-order valence-electron chi connectivity index (χ0n) is 17.9. The normalized spacial score (nSPS) is 13.5. The fraction of sp³-hybridized carbons (Fsp3) is 0.0800. The average molecular weight is 515 g/mol. The Labute approximate surface area is 211 Å². The molecule has 1 aliphatic rings. The number of anilines is 3. The number of carbonyl (C=O) groups is 3. The number of nitrogens with one attached hydrogen (secondary N) is 2. The molecule has 34 heavy (non-hydrogen) atoms. The van der Waals surface area contributed by atoms with Crippen molar-refractivity contribution in [2.45, 2.75) is 13.3 Å². The van der Waals surface area contributed by atoms with Crippen molar-refractivity contribution >= 4 is 69.6 Å². The molecular weight excluding hydrogens is 497 g/mol. The van der Waals surface area contributed by atoms with E-state index in [-0.39, 0.29) is 27.3 Å². The van der Waals surface area contributed by atoms with Crippen LogP contribution in [0.1, 0.15) is 22.8 Å². The second-order valence-corrected chi connectivity index (χ2v) is 8.59. The Morgan fingerprint density at radius 3 is 2.26 bits per heavy atom. The third-order valence-electron chi connectivity index (χ3n) is 5.25. The van der Waals surface area contributed by atoms with Gasteiger partial charge in [0.05, 0.1) is 15.7 Å². The van der Waals surface area contributed by atoms with E-state index in [1.165, 1.54) is 18.2 Å². The topological polar surface area (TPSA) is 78.5 Å². The Morgan fingerprint density at radius 1 is 0.882 bits per heavy atom. The van der Waals surface area contributed by atoms with E-state index in [9.17, 15) is 14.4 Å². The second-order valence-electron chi connectivity index (χ2n) is 7.40. The molecule has 0 fully saturated rings. The quantitative estimate of drug-likeness (QED) is 0.382. The van der Waals surface area contributed by atoms with Gasteiger partial charge >= 0.3 is 0 Å². The predicted molar refractivity (Wildman–Crippen MR) is 136 cm³/mol. The first-order valence-corrected chi connectivity index (χ1v) is 11.4. The van der Waals surface area contributed by atoms with Crippen molar-refractivity contribution in [3.8, 4) is 0 Å². The molecule has 0 spiro atoms. The molecule has 0 unspecified atom stereocenters. The summed E-state index contributed by atoms with van der Waals surface area (Å²) >= 11 is 18.1. The molecule has 0 bridgehead atoms. The van der Waals surface area contributed by atoms with Crippen LogP contribution in [0.5, 0.6) is 0 Å². The molecule has 9 heteroatoms. The molecular formula is C25H18Cl3N3O3. The summed E-state index contributed by atoms with van der Waals surface area (Å²) in [6.07, 6.45) is 0.793. The van der Waals surface area contributed by atoms with Crippen LogP contribution in [0.2, 0.25) is 10.0 Å². The molecule has 0 radical (unpaired) electrons. The second kappa shape index (κ2) is 9.89. The number of hydrogen-bond acceptors (Lipinski definition) is 4. The van der Waals surface area contributed by atoms with E-state index in [0.717, 1.165) is 22.6 Å². The number of halogens is 3. The minimum atomic E-state index is -0.682. The van der Waals surface area contributed by atoms with E-state index in [1.807, 2.05) is 31.2 Å². The van der Waals surface area contributed by atoms with E-state index in [2.05, 4.69) is 10.6 Å². The summed E-state index contributed by atoms with van der Waals surface area (Å²) in [7, 11) is 0. The number of rotatable bonds is 6. The van der Waals surface area contributed by atoms with Gasteiger partial charge < -0.3 is 10.6 Å². The summed E-state index contributed by atoms with van der Waals surface area (Å²) in [6.45, 7) is 2.02. The zero-order valence-corrected chi connectivity index (χ0v) is 20.1. The van der Waals surface area contributed by atoms with Gasteiger partial charge in [-0.05, 0) is 60.5 Å². The molecule has 1 heterocycles. The van der Waals surface area contributed by atoms with Gasteiger partial charge in [-0.15, -0.1) is 0 Å². The molecule has 172 valence electrons. The highest BCUT2D eigenvalue weighted by molar-refractivity contribution is 6.53. The monoisotopic (exact) mass is 513 g/mol. The molecule has 0 aromatic heterocycles. The maximum Gasteiger partial charge on any atom is 0.283 e. The fourth-order valence-electron chi connectivity index (χ4n) is 3.46. The van der Waals surface area contributed by atoms with Crippen LogP contribution >= 0.6 is 34.8 Å². The molecule has 0 aliphatic carbocycles. The molecule has 3 aromatic carbocycles. The first-order chi connectivity index (χ1) is 16.3. The summed E-state index contributed by atoms with van der Waals surface area (Å²) in [4.78, 5) is 39.1. The molecule has 1 aliphatic heterocycles. The number of para-hydroxylation sites is 1. The first kappa shape index (κ1) is 23.8. The third kappa shape index (κ3) is 4.66. The summed E-state index contributed by atoms with van der Waals surface area (Å²) in [5.74, 6) is -1.58. The fourth-order valence-corrected chi connectivity index (χ4v) is 3.97. The van der Waals surface area contributed by atoms with Crippen molar-refractivity contribution in [1.82, 2.24) is 0 Å². The van der Waals surface area contributed by atoms with Gasteiger partial charge in [0.15, 0.2) is 0 Å². The van der Waals surface area contributed by atoms with Gasteiger partial charge in [-0.1, -0.05) is 59.9 Å². The number of hydrogen-bond donors (Lipinski definition) is 2. The first-order valence-electron chi connectivity index (χ1n) is 10.3. The van der Waals surface area contributed by atoms with Crippen LogP contribution in [0, 0.1) is 0 Å². The highest BCUT2D eigenvalue weighted by Crippen LogP contribution is 2.33. The molecule has 0 saturated heterocycles. The summed E-state index contributed by atoms with van der Waals surface area (Å²) in [5, 5.41) is 6.02. The largest absolute Gasteiger partial charge is 0.350 e. The zero-order chi connectivity index (χ0) is 24.4. The van der Waals surface area contributed by atoms with Crippen LogP contribution in [0.3, 0.4) is 0 Å². The Morgan fingerprint density at radius 2 is 1.59 bits per heavy atom. The van der Waals surface area contributed by atoms with Gasteiger partial charge in [-0.3, -0.25) is 14.4 Å². The Hall–Kier alpha value is -3.32. The highest BCUT2D eigenvalue weighted by Gasteiger charge is 2.39. The Balaban J connectivity index is 1.49. The minimum absolute atomic E-state index is 0.0770. The van der Waals surface area contributed by atoms with E-state index in [4.69, 9.17) is 34.8 Å². The van der Waals surface area contributed by atoms with E-state index < -0.39 is 11.8 Å². The van der Waals surface area contributed by atoms with E-state index >= 15 is 0 Å². The highest BCUT2D eigenvalue weighted by atomic mass is 35.5. The van der Waals surface area contributed by atoms with Gasteiger partial charge in [0.1, 0.15) is 10.7 Å². The number of aryl methyl sites for hydroxylation is 1. The van der Waals surface area contributed by atoms with E-state index in [1.54, 1.807) is 24.3 Å². The smallest absolute Gasteiger partial charge is 0.283 e. The minimum Gasteiger partial charge on any atom is -0.350 e. The van der Waals surface area contributed by atoms with Crippen molar-refractivity contribution in [3.05, 3.63) is 98.6 Å². The molecule has 6 nitrogen and oxygen atoms in total. The predicted octanol–water partition coefficient (Wildman–Crippen LogP) is 6.24. The van der Waals surface area contributed by atoms with E-state index in [0.29, 0.717) is 16.3 Å². The van der Waals surface area contributed by atoms with Crippen molar-refractivity contribution in [2.24, 2.45) is 0 Å². The lowest BCUT2D eigenvalue weighted by molar-refractivity contribution is -0.120. The number of amides is 3. The van der Waals surface area contributed by atoms with Crippen LogP contribution < -0.4 is 15.5 Å². The van der Waals surface area contributed by atoms with Crippen LogP contribution in [-0.2, 0) is 16.0 Å². The summed E-state index contributed by atoms with van der Waals surface area (Å²) in [5.41, 5.74) is 2.88. The Bertz CT molecular complexity index is 1340. The van der Waals surface area contributed by atoms with Crippen molar-refractivity contribution < 1.29 is 14.4 Å². The maximum atomic E-state index is 12.9. The van der Waals surface area contributed by atoms with Crippen molar-refractivity contribution in [1.29, 1.82) is 0 Å². The molecule has 4 rings (SSSR count). The van der Waals surface area contributed by atoms with Gasteiger partial charge in [-0.25, -0.2) is 4.90 Å². The molecule has 3 amide bonds. The lowest BCUT2D eigenvalue weighted by Gasteiger charge is -2.16.